The molecule has 2 N–H and O–H groups in total. The minimum Gasteiger partial charge on any atom is -0.489 e. The third-order valence-electron chi connectivity index (χ3n) is 4.37. The van der Waals surface area contributed by atoms with Crippen LogP contribution >= 0.6 is 23.2 Å². The zero-order chi connectivity index (χ0) is 21.0. The number of halogens is 2. The van der Waals surface area contributed by atoms with Gasteiger partial charge in [0.15, 0.2) is 0 Å². The molecule has 6 nitrogen and oxygen atoms in total. The van der Waals surface area contributed by atoms with Crippen molar-refractivity contribution in [3.05, 3.63) is 74.9 Å². The Labute approximate surface area is 178 Å². The number of hydrogen-bond acceptors (Lipinski definition) is 4. The number of carbonyl (C=O) groups excluding carboxylic acids is 2. The molecular weight excluding hydrogens is 415 g/mol. The van der Waals surface area contributed by atoms with Gasteiger partial charge in [-0.1, -0.05) is 47.5 Å². The lowest BCUT2D eigenvalue weighted by Gasteiger charge is -2.29. The Kier molecular flexibility index (Phi) is 6.67. The number of urea groups is 1. The molecule has 2 amide bonds. The average Bonchev–Trinajstić information content (AvgIpc) is 2.68. The molecule has 2 aromatic rings. The topological polar surface area (TPSA) is 76.7 Å². The van der Waals surface area contributed by atoms with E-state index in [-0.39, 0.29) is 13.2 Å². The molecule has 3 rings (SSSR count). The van der Waals surface area contributed by atoms with Gasteiger partial charge in [-0.15, -0.1) is 0 Å². The van der Waals surface area contributed by atoms with Gasteiger partial charge in [0.2, 0.25) is 0 Å². The molecule has 29 heavy (non-hydrogen) atoms. The summed E-state index contributed by atoms with van der Waals surface area (Å²) in [5.41, 5.74) is 2.25. The van der Waals surface area contributed by atoms with E-state index >= 15 is 0 Å². The third-order valence-corrected chi connectivity index (χ3v) is 5.11. The molecule has 0 aromatic heterocycles. The average molecular weight is 435 g/mol. The molecule has 0 spiro atoms. The molecule has 152 valence electrons. The Balaban J connectivity index is 1.91. The van der Waals surface area contributed by atoms with E-state index in [1.165, 1.54) is 0 Å². The van der Waals surface area contributed by atoms with Crippen LogP contribution in [0, 0.1) is 0 Å². The number of benzene rings is 2. The Hall–Kier alpha value is -2.70. The van der Waals surface area contributed by atoms with Crippen LogP contribution in [-0.2, 0) is 16.1 Å². The van der Waals surface area contributed by atoms with Crippen molar-refractivity contribution in [3.8, 4) is 5.75 Å². The maximum atomic E-state index is 12.5. The number of esters is 1. The van der Waals surface area contributed by atoms with Crippen LogP contribution in [0.4, 0.5) is 4.79 Å². The largest absolute Gasteiger partial charge is 0.489 e. The lowest BCUT2D eigenvalue weighted by Crippen LogP contribution is -2.45. The van der Waals surface area contributed by atoms with E-state index in [0.29, 0.717) is 32.6 Å². The molecule has 0 bridgehead atoms. The first-order valence-electron chi connectivity index (χ1n) is 9.01. The van der Waals surface area contributed by atoms with Crippen LogP contribution in [0.25, 0.3) is 0 Å². The lowest BCUT2D eigenvalue weighted by atomic mass is 9.95. The van der Waals surface area contributed by atoms with Crippen LogP contribution in [0.3, 0.4) is 0 Å². The highest BCUT2D eigenvalue weighted by Gasteiger charge is 2.33. The number of allylic oxidation sites excluding steroid dienone is 1. The minimum absolute atomic E-state index is 0.228. The van der Waals surface area contributed by atoms with E-state index in [4.69, 9.17) is 32.7 Å². The number of amides is 2. The fourth-order valence-corrected chi connectivity index (χ4v) is 3.37. The third kappa shape index (κ3) is 4.83. The summed E-state index contributed by atoms with van der Waals surface area (Å²) in [4.78, 5) is 24.6. The summed E-state index contributed by atoms with van der Waals surface area (Å²) in [5.74, 6) is 0.0298. The summed E-state index contributed by atoms with van der Waals surface area (Å²) in [6.07, 6.45) is 0. The second-order valence-corrected chi connectivity index (χ2v) is 7.18. The Morgan fingerprint density at radius 3 is 2.62 bits per heavy atom. The van der Waals surface area contributed by atoms with Crippen LogP contribution in [-0.4, -0.2) is 18.6 Å². The van der Waals surface area contributed by atoms with Crippen molar-refractivity contribution in [1.29, 1.82) is 0 Å². The Morgan fingerprint density at radius 1 is 1.14 bits per heavy atom. The molecule has 1 aliphatic heterocycles. The van der Waals surface area contributed by atoms with Gasteiger partial charge in [-0.2, -0.15) is 0 Å². The highest BCUT2D eigenvalue weighted by molar-refractivity contribution is 6.42. The number of para-hydroxylation sites is 1. The van der Waals surface area contributed by atoms with Crippen molar-refractivity contribution in [1.82, 2.24) is 10.6 Å². The molecule has 0 saturated carbocycles. The number of rotatable bonds is 6. The van der Waals surface area contributed by atoms with Crippen molar-refractivity contribution in [3.63, 3.8) is 0 Å². The van der Waals surface area contributed by atoms with Crippen molar-refractivity contribution in [2.24, 2.45) is 0 Å². The predicted octanol–water partition coefficient (Wildman–Crippen LogP) is 4.76. The van der Waals surface area contributed by atoms with Crippen molar-refractivity contribution >= 4 is 35.2 Å². The zero-order valence-electron chi connectivity index (χ0n) is 15.9. The van der Waals surface area contributed by atoms with E-state index in [1.807, 2.05) is 18.2 Å². The lowest BCUT2D eigenvalue weighted by molar-refractivity contribution is -0.139. The zero-order valence-corrected chi connectivity index (χ0v) is 17.4. The van der Waals surface area contributed by atoms with Crippen LogP contribution in [0.1, 0.15) is 31.0 Å². The van der Waals surface area contributed by atoms with Gasteiger partial charge in [-0.3, -0.25) is 0 Å². The van der Waals surface area contributed by atoms with Gasteiger partial charge < -0.3 is 20.1 Å². The fourth-order valence-electron chi connectivity index (χ4n) is 3.05. The van der Waals surface area contributed by atoms with E-state index in [0.717, 1.165) is 5.56 Å². The Bertz CT molecular complexity index is 975. The van der Waals surface area contributed by atoms with Crippen LogP contribution in [0.2, 0.25) is 10.0 Å². The molecule has 2 aromatic carbocycles. The number of hydrogen-bond donors (Lipinski definition) is 2. The summed E-state index contributed by atoms with van der Waals surface area (Å²) in [7, 11) is 0. The maximum absolute atomic E-state index is 12.5. The normalized spacial score (nSPS) is 16.1. The number of carbonyl (C=O) groups is 2. The van der Waals surface area contributed by atoms with E-state index < -0.39 is 18.0 Å². The first-order valence-corrected chi connectivity index (χ1v) is 9.77. The Morgan fingerprint density at radius 2 is 1.90 bits per heavy atom. The molecule has 0 aliphatic carbocycles. The summed E-state index contributed by atoms with van der Waals surface area (Å²) >= 11 is 12.0. The summed E-state index contributed by atoms with van der Waals surface area (Å²) < 4.78 is 11.2. The van der Waals surface area contributed by atoms with Gasteiger partial charge in [0.05, 0.1) is 28.3 Å². The quantitative estimate of drug-likeness (QED) is 0.642. The van der Waals surface area contributed by atoms with Crippen molar-refractivity contribution in [2.45, 2.75) is 26.5 Å². The number of nitrogens with one attached hydrogen (secondary N) is 2. The van der Waals surface area contributed by atoms with Crippen LogP contribution < -0.4 is 15.4 Å². The number of ether oxygens (including phenoxy) is 2. The van der Waals surface area contributed by atoms with Crippen molar-refractivity contribution in [2.75, 3.05) is 6.61 Å². The summed E-state index contributed by atoms with van der Waals surface area (Å²) in [6.45, 7) is 3.86. The van der Waals surface area contributed by atoms with E-state index in [1.54, 1.807) is 38.1 Å². The molecule has 0 saturated heterocycles. The SMILES string of the molecule is CCOC(=O)C1=C(C)NC(=O)NC1c1ccccc1OCc1ccc(Cl)c(Cl)c1. The fraction of sp³-hybridized carbons (Fsp3) is 0.238. The predicted molar refractivity (Wildman–Crippen MR) is 111 cm³/mol. The smallest absolute Gasteiger partial charge is 0.338 e. The molecule has 1 atom stereocenters. The van der Waals surface area contributed by atoms with Gasteiger partial charge in [-0.05, 0) is 37.6 Å². The molecule has 0 radical (unpaired) electrons. The maximum Gasteiger partial charge on any atom is 0.338 e. The summed E-state index contributed by atoms with van der Waals surface area (Å²) in [6, 6.07) is 11.3. The molecule has 1 unspecified atom stereocenters. The molecule has 1 heterocycles. The second-order valence-electron chi connectivity index (χ2n) is 6.37. The molecular formula is C21H20Cl2N2O4. The standard InChI is InChI=1S/C21H20Cl2N2O4/c1-3-28-20(26)18-12(2)24-21(27)25-19(18)14-6-4-5-7-17(14)29-11-13-8-9-15(22)16(23)10-13/h4-10,19H,3,11H2,1-2H3,(H2,24,25,27). The summed E-state index contributed by atoms with van der Waals surface area (Å²) in [5, 5.41) is 6.30. The first kappa shape index (κ1) is 21.0. The van der Waals surface area contributed by atoms with Gasteiger partial charge in [0, 0.05) is 11.3 Å². The highest BCUT2D eigenvalue weighted by Crippen LogP contribution is 2.34. The van der Waals surface area contributed by atoms with Crippen LogP contribution in [0.15, 0.2) is 53.7 Å². The monoisotopic (exact) mass is 434 g/mol. The van der Waals surface area contributed by atoms with E-state index in [2.05, 4.69) is 10.6 Å². The van der Waals surface area contributed by atoms with Gasteiger partial charge in [-0.25, -0.2) is 9.59 Å². The highest BCUT2D eigenvalue weighted by atomic mass is 35.5. The molecule has 0 fully saturated rings. The first-order chi connectivity index (χ1) is 13.9. The molecule has 1 aliphatic rings. The molecule has 8 heteroatoms. The van der Waals surface area contributed by atoms with Crippen LogP contribution in [0.5, 0.6) is 5.75 Å². The minimum atomic E-state index is -0.701. The van der Waals surface area contributed by atoms with E-state index in [9.17, 15) is 9.59 Å². The second kappa shape index (κ2) is 9.20. The van der Waals surface area contributed by atoms with Gasteiger partial charge >= 0.3 is 12.0 Å². The van der Waals surface area contributed by atoms with Gasteiger partial charge in [0.25, 0.3) is 0 Å². The van der Waals surface area contributed by atoms with Crippen molar-refractivity contribution < 1.29 is 19.1 Å². The van der Waals surface area contributed by atoms with Gasteiger partial charge in [0.1, 0.15) is 12.4 Å².